The highest BCUT2D eigenvalue weighted by atomic mass is 16.5. The van der Waals surface area contributed by atoms with Gasteiger partial charge in [0.15, 0.2) is 17.3 Å². The highest BCUT2D eigenvalue weighted by molar-refractivity contribution is 6.02. The summed E-state index contributed by atoms with van der Waals surface area (Å²) in [6.45, 7) is 8.13. The summed E-state index contributed by atoms with van der Waals surface area (Å²) < 4.78 is 17.1. The molecule has 9 nitrogen and oxygen atoms in total. The second-order valence-electron chi connectivity index (χ2n) is 13.1. The zero-order valence-corrected chi connectivity index (χ0v) is 27.5. The number of fused-ring (bicyclic) bond motifs is 1. The van der Waals surface area contributed by atoms with Crippen LogP contribution in [0.2, 0.25) is 0 Å². The maximum Gasteiger partial charge on any atom is 0.242 e. The summed E-state index contributed by atoms with van der Waals surface area (Å²) in [5.74, 6) is 1.56. The second-order valence-corrected chi connectivity index (χ2v) is 13.1. The standard InChI is InChI=1S/C37H44N4O5/c1-37(2)21-28-34(30(42)22-37)35(26-19-31(44-3)36(46-5)32(20-26)45-4)41(29-14-10-9-13-27(29)38-28)24-33(43)40-17-15-39(16-18-40)23-25-11-7-6-8-12-25/h6-14,19-20,35,38H,15-18,21-24H2,1-5H3. The van der Waals surface area contributed by atoms with Gasteiger partial charge in [0.1, 0.15) is 0 Å². The zero-order chi connectivity index (χ0) is 32.4. The lowest BCUT2D eigenvalue weighted by molar-refractivity contribution is -0.131. The number of nitrogens with one attached hydrogen (secondary N) is 1. The van der Waals surface area contributed by atoms with Crippen molar-refractivity contribution in [2.24, 2.45) is 5.41 Å². The van der Waals surface area contributed by atoms with Gasteiger partial charge in [0.05, 0.1) is 45.3 Å². The lowest BCUT2D eigenvalue weighted by Crippen LogP contribution is -2.51. The fourth-order valence-electron chi connectivity index (χ4n) is 7.08. The van der Waals surface area contributed by atoms with E-state index in [-0.39, 0.29) is 23.7 Å². The van der Waals surface area contributed by atoms with Crippen LogP contribution >= 0.6 is 0 Å². The molecule has 0 spiro atoms. The number of ether oxygens (including phenoxy) is 3. The Labute approximate surface area is 271 Å². The molecule has 1 fully saturated rings. The highest BCUT2D eigenvalue weighted by Crippen LogP contribution is 2.50. The minimum atomic E-state index is -0.563. The molecule has 6 rings (SSSR count). The number of carbonyl (C=O) groups is 2. The SMILES string of the molecule is COc1cc(C2C3=C(CC(C)(C)CC3=O)Nc3ccccc3N2CC(=O)N2CCN(Cc3ccccc3)CC2)cc(OC)c1OC. The molecule has 2 heterocycles. The van der Waals surface area contributed by atoms with Crippen molar-refractivity contribution in [2.75, 3.05) is 64.3 Å². The van der Waals surface area contributed by atoms with Gasteiger partial charge >= 0.3 is 0 Å². The van der Waals surface area contributed by atoms with E-state index >= 15 is 0 Å². The first-order valence-corrected chi connectivity index (χ1v) is 15.9. The number of hydrogen-bond acceptors (Lipinski definition) is 8. The molecule has 46 heavy (non-hydrogen) atoms. The van der Waals surface area contributed by atoms with Crippen LogP contribution < -0.4 is 24.4 Å². The van der Waals surface area contributed by atoms with Gasteiger partial charge in [-0.25, -0.2) is 0 Å². The van der Waals surface area contributed by atoms with E-state index in [1.165, 1.54) is 5.56 Å². The van der Waals surface area contributed by atoms with Gasteiger partial charge in [0.25, 0.3) is 0 Å². The molecule has 0 radical (unpaired) electrons. The first-order chi connectivity index (χ1) is 22.2. The molecule has 1 aliphatic carbocycles. The third-order valence-corrected chi connectivity index (χ3v) is 9.29. The molecule has 1 unspecified atom stereocenters. The summed E-state index contributed by atoms with van der Waals surface area (Å²) in [4.78, 5) is 34.8. The molecule has 0 bridgehead atoms. The van der Waals surface area contributed by atoms with Crippen LogP contribution in [0, 0.1) is 5.41 Å². The molecule has 1 N–H and O–H groups in total. The number of anilines is 2. The molecule has 0 aromatic heterocycles. The summed E-state index contributed by atoms with van der Waals surface area (Å²) in [6.07, 6.45) is 1.12. The third-order valence-electron chi connectivity index (χ3n) is 9.29. The van der Waals surface area contributed by atoms with Crippen LogP contribution in [0.25, 0.3) is 0 Å². The van der Waals surface area contributed by atoms with Crippen molar-refractivity contribution in [1.29, 1.82) is 0 Å². The first-order valence-electron chi connectivity index (χ1n) is 15.9. The van der Waals surface area contributed by atoms with Crippen molar-refractivity contribution in [3.8, 4) is 17.2 Å². The van der Waals surface area contributed by atoms with Gasteiger partial charge in [0, 0.05) is 50.4 Å². The summed E-state index contributed by atoms with van der Waals surface area (Å²) in [7, 11) is 4.75. The number of Topliss-reactive ketones (excluding diaryl/α,β-unsaturated/α-hetero) is 1. The third kappa shape index (κ3) is 6.29. The number of benzene rings is 3. The molecular formula is C37H44N4O5. The summed E-state index contributed by atoms with van der Waals surface area (Å²) in [6, 6.07) is 21.7. The monoisotopic (exact) mass is 624 g/mol. The summed E-state index contributed by atoms with van der Waals surface area (Å²) >= 11 is 0. The average molecular weight is 625 g/mol. The number of amides is 1. The van der Waals surface area contributed by atoms with Gasteiger partial charge in [-0.15, -0.1) is 0 Å². The molecule has 1 amide bonds. The van der Waals surface area contributed by atoms with Gasteiger partial charge in [-0.1, -0.05) is 56.3 Å². The first kappa shape index (κ1) is 31.5. The van der Waals surface area contributed by atoms with Crippen LogP contribution in [0.15, 0.2) is 78.0 Å². The lowest BCUT2D eigenvalue weighted by atomic mass is 9.73. The molecule has 3 aliphatic rings. The number of allylic oxidation sites excluding steroid dienone is 1. The fraction of sp³-hybridized carbons (Fsp3) is 0.405. The molecule has 1 saturated heterocycles. The van der Waals surface area contributed by atoms with Crippen molar-refractivity contribution in [1.82, 2.24) is 9.80 Å². The number of carbonyl (C=O) groups excluding carboxylic acids is 2. The number of rotatable bonds is 8. The van der Waals surface area contributed by atoms with Crippen molar-refractivity contribution < 1.29 is 23.8 Å². The van der Waals surface area contributed by atoms with Crippen LogP contribution in [0.3, 0.4) is 0 Å². The van der Waals surface area contributed by atoms with Gasteiger partial charge in [-0.3, -0.25) is 14.5 Å². The maximum atomic E-state index is 14.2. The molecular weight excluding hydrogens is 580 g/mol. The van der Waals surface area contributed by atoms with Crippen LogP contribution in [0.4, 0.5) is 11.4 Å². The second kappa shape index (κ2) is 13.1. The average Bonchev–Trinajstić information content (AvgIpc) is 3.18. The lowest BCUT2D eigenvalue weighted by Gasteiger charge is -2.40. The number of ketones is 1. The topological polar surface area (TPSA) is 83.6 Å². The zero-order valence-electron chi connectivity index (χ0n) is 27.5. The summed E-state index contributed by atoms with van der Waals surface area (Å²) in [5.41, 5.74) is 5.14. The van der Waals surface area contributed by atoms with Gasteiger partial charge in [0.2, 0.25) is 11.7 Å². The van der Waals surface area contributed by atoms with Crippen LogP contribution in [-0.4, -0.2) is 75.5 Å². The number of piperazine rings is 1. The number of hydrogen-bond donors (Lipinski definition) is 1. The molecule has 1 atom stereocenters. The largest absolute Gasteiger partial charge is 0.493 e. The quantitative estimate of drug-likeness (QED) is 0.343. The van der Waals surface area contributed by atoms with Gasteiger partial charge in [-0.2, -0.15) is 0 Å². The number of nitrogens with zero attached hydrogens (tertiary/aromatic N) is 3. The van der Waals surface area contributed by atoms with Crippen LogP contribution in [-0.2, 0) is 16.1 Å². The fourth-order valence-corrected chi connectivity index (χ4v) is 7.08. The van der Waals surface area contributed by atoms with E-state index in [9.17, 15) is 9.59 Å². The molecule has 242 valence electrons. The van der Waals surface area contributed by atoms with Gasteiger partial charge < -0.3 is 29.3 Å². The molecule has 0 saturated carbocycles. The highest BCUT2D eigenvalue weighted by Gasteiger charge is 2.43. The Bertz CT molecular complexity index is 1600. The predicted octanol–water partition coefficient (Wildman–Crippen LogP) is 5.67. The van der Waals surface area contributed by atoms with Crippen LogP contribution in [0.1, 0.15) is 43.9 Å². The van der Waals surface area contributed by atoms with E-state index in [0.29, 0.717) is 48.8 Å². The number of methoxy groups -OCH3 is 3. The van der Waals surface area contributed by atoms with Gasteiger partial charge in [-0.05, 0) is 47.2 Å². The van der Waals surface area contributed by atoms with Crippen molar-refractivity contribution >= 4 is 23.1 Å². The van der Waals surface area contributed by atoms with E-state index in [1.54, 1.807) is 21.3 Å². The normalized spacial score (nSPS) is 19.5. The Balaban J connectivity index is 1.39. The van der Waals surface area contributed by atoms with E-state index in [0.717, 1.165) is 42.3 Å². The minimum absolute atomic E-state index is 0.0271. The van der Waals surface area contributed by atoms with Crippen LogP contribution in [0.5, 0.6) is 17.2 Å². The maximum absolute atomic E-state index is 14.2. The Kier molecular flexibility index (Phi) is 8.95. The minimum Gasteiger partial charge on any atom is -0.493 e. The van der Waals surface area contributed by atoms with E-state index in [2.05, 4.69) is 53.2 Å². The van der Waals surface area contributed by atoms with Crippen molar-refractivity contribution in [3.05, 3.63) is 89.1 Å². The van der Waals surface area contributed by atoms with E-state index in [4.69, 9.17) is 14.2 Å². The Morgan fingerprint density at radius 1 is 0.870 bits per heavy atom. The summed E-state index contributed by atoms with van der Waals surface area (Å²) in [5, 5.41) is 3.64. The Hall–Kier alpha value is -4.50. The van der Waals surface area contributed by atoms with E-state index in [1.807, 2.05) is 47.4 Å². The van der Waals surface area contributed by atoms with Crippen molar-refractivity contribution in [2.45, 2.75) is 39.3 Å². The predicted molar refractivity (Wildman–Crippen MR) is 180 cm³/mol. The molecule has 3 aromatic rings. The molecule has 2 aliphatic heterocycles. The van der Waals surface area contributed by atoms with E-state index < -0.39 is 6.04 Å². The Morgan fingerprint density at radius 2 is 1.52 bits per heavy atom. The van der Waals surface area contributed by atoms with Crippen molar-refractivity contribution in [3.63, 3.8) is 0 Å². The smallest absolute Gasteiger partial charge is 0.242 e. The number of para-hydroxylation sites is 2. The Morgan fingerprint density at radius 3 is 2.17 bits per heavy atom. The molecule has 9 heteroatoms. The molecule has 3 aromatic carbocycles.